The summed E-state index contributed by atoms with van der Waals surface area (Å²) >= 11 is 1.38. The third kappa shape index (κ3) is 2.49. The molecule has 0 saturated carbocycles. The standard InChI is InChI=1S/C11H13N3OS/c1-12-11-13-10(14-16-11)7-8-3-5-9(15-2)6-4-8/h3-6H,7H2,1-2H3,(H,12,13,14). The summed E-state index contributed by atoms with van der Waals surface area (Å²) in [6.45, 7) is 0. The van der Waals surface area contributed by atoms with E-state index in [2.05, 4.69) is 14.7 Å². The van der Waals surface area contributed by atoms with Crippen LogP contribution in [0.3, 0.4) is 0 Å². The summed E-state index contributed by atoms with van der Waals surface area (Å²) in [5, 5.41) is 3.83. The monoisotopic (exact) mass is 235 g/mol. The van der Waals surface area contributed by atoms with Crippen molar-refractivity contribution in [1.29, 1.82) is 0 Å². The van der Waals surface area contributed by atoms with Crippen molar-refractivity contribution in [3.05, 3.63) is 35.7 Å². The predicted octanol–water partition coefficient (Wildman–Crippen LogP) is 2.18. The molecular weight excluding hydrogens is 222 g/mol. The van der Waals surface area contributed by atoms with Gasteiger partial charge in [0, 0.05) is 25.0 Å². The van der Waals surface area contributed by atoms with Gasteiger partial charge in [-0.15, -0.1) is 0 Å². The number of benzene rings is 1. The zero-order valence-corrected chi connectivity index (χ0v) is 10.0. The van der Waals surface area contributed by atoms with Crippen molar-refractivity contribution in [2.45, 2.75) is 6.42 Å². The van der Waals surface area contributed by atoms with Gasteiger partial charge < -0.3 is 10.1 Å². The molecule has 1 N–H and O–H groups in total. The molecule has 0 aliphatic rings. The number of hydrogen-bond donors (Lipinski definition) is 1. The van der Waals surface area contributed by atoms with Gasteiger partial charge in [-0.1, -0.05) is 12.1 Å². The molecule has 1 aromatic heterocycles. The molecule has 0 fully saturated rings. The Morgan fingerprint density at radius 2 is 2.06 bits per heavy atom. The highest BCUT2D eigenvalue weighted by Crippen LogP contribution is 2.16. The highest BCUT2D eigenvalue weighted by Gasteiger charge is 2.03. The van der Waals surface area contributed by atoms with E-state index in [-0.39, 0.29) is 0 Å². The lowest BCUT2D eigenvalue weighted by Crippen LogP contribution is -1.92. The fourth-order valence-electron chi connectivity index (χ4n) is 1.35. The van der Waals surface area contributed by atoms with Gasteiger partial charge in [-0.05, 0) is 17.7 Å². The van der Waals surface area contributed by atoms with Gasteiger partial charge in [-0.25, -0.2) is 4.98 Å². The molecule has 2 rings (SSSR count). The Hall–Kier alpha value is -1.62. The molecule has 0 bridgehead atoms. The molecule has 2 aromatic rings. The molecule has 0 unspecified atom stereocenters. The zero-order valence-electron chi connectivity index (χ0n) is 9.23. The van der Waals surface area contributed by atoms with Crippen molar-refractivity contribution in [2.75, 3.05) is 19.5 Å². The molecule has 0 radical (unpaired) electrons. The van der Waals surface area contributed by atoms with E-state index in [0.29, 0.717) is 0 Å². The van der Waals surface area contributed by atoms with Crippen molar-refractivity contribution in [3.63, 3.8) is 0 Å². The van der Waals surface area contributed by atoms with Gasteiger partial charge in [0.05, 0.1) is 7.11 Å². The number of aromatic nitrogens is 2. The first-order valence-electron chi connectivity index (χ1n) is 4.95. The minimum atomic E-state index is 0.752. The average Bonchev–Trinajstić information content (AvgIpc) is 2.78. The minimum Gasteiger partial charge on any atom is -0.497 e. The van der Waals surface area contributed by atoms with Gasteiger partial charge in [0.1, 0.15) is 11.6 Å². The first-order valence-corrected chi connectivity index (χ1v) is 5.72. The number of nitrogens with one attached hydrogen (secondary N) is 1. The average molecular weight is 235 g/mol. The van der Waals surface area contributed by atoms with E-state index in [1.165, 1.54) is 17.1 Å². The van der Waals surface area contributed by atoms with Crippen LogP contribution < -0.4 is 10.1 Å². The SMILES string of the molecule is CNc1nc(Cc2ccc(OC)cc2)ns1. The zero-order chi connectivity index (χ0) is 11.4. The number of ether oxygens (including phenoxy) is 1. The van der Waals surface area contributed by atoms with Gasteiger partial charge >= 0.3 is 0 Å². The Kier molecular flexibility index (Phi) is 3.36. The Morgan fingerprint density at radius 3 is 2.62 bits per heavy atom. The van der Waals surface area contributed by atoms with Gasteiger partial charge in [-0.3, -0.25) is 0 Å². The molecule has 0 saturated heterocycles. The van der Waals surface area contributed by atoms with E-state index < -0.39 is 0 Å². The van der Waals surface area contributed by atoms with E-state index in [0.717, 1.165) is 23.1 Å². The smallest absolute Gasteiger partial charge is 0.202 e. The summed E-state index contributed by atoms with van der Waals surface area (Å²) in [5.74, 6) is 1.71. The molecule has 16 heavy (non-hydrogen) atoms. The first-order chi connectivity index (χ1) is 7.81. The van der Waals surface area contributed by atoms with Gasteiger partial charge in [0.15, 0.2) is 0 Å². The highest BCUT2D eigenvalue weighted by molar-refractivity contribution is 7.09. The van der Waals surface area contributed by atoms with Crippen molar-refractivity contribution in [3.8, 4) is 5.75 Å². The first kappa shape index (κ1) is 10.9. The summed E-state index contributed by atoms with van der Waals surface area (Å²) in [6.07, 6.45) is 0.752. The number of hydrogen-bond acceptors (Lipinski definition) is 5. The van der Waals surface area contributed by atoms with Gasteiger partial charge in [0.2, 0.25) is 5.13 Å². The van der Waals surface area contributed by atoms with Crippen LogP contribution in [0.5, 0.6) is 5.75 Å². The maximum Gasteiger partial charge on any atom is 0.202 e. The van der Waals surface area contributed by atoms with Crippen molar-refractivity contribution >= 4 is 16.7 Å². The highest BCUT2D eigenvalue weighted by atomic mass is 32.1. The molecular formula is C11H13N3OS. The van der Waals surface area contributed by atoms with E-state index in [1.807, 2.05) is 31.3 Å². The molecule has 0 spiro atoms. The minimum absolute atomic E-state index is 0.752. The number of methoxy groups -OCH3 is 1. The second kappa shape index (κ2) is 4.94. The maximum absolute atomic E-state index is 5.10. The van der Waals surface area contributed by atoms with Crippen LogP contribution in [0.4, 0.5) is 5.13 Å². The molecule has 0 amide bonds. The number of anilines is 1. The summed E-state index contributed by atoms with van der Waals surface area (Å²) in [5.41, 5.74) is 1.18. The van der Waals surface area contributed by atoms with Crippen LogP contribution in [0, 0.1) is 0 Å². The van der Waals surface area contributed by atoms with Crippen LogP contribution in [0.2, 0.25) is 0 Å². The topological polar surface area (TPSA) is 47.0 Å². The largest absolute Gasteiger partial charge is 0.497 e. The molecule has 84 valence electrons. The summed E-state index contributed by atoms with van der Waals surface area (Å²) in [7, 11) is 3.51. The molecule has 4 nitrogen and oxygen atoms in total. The molecule has 5 heteroatoms. The lowest BCUT2D eigenvalue weighted by molar-refractivity contribution is 0.414. The summed E-state index contributed by atoms with van der Waals surface area (Å²) in [6, 6.07) is 7.94. The van der Waals surface area contributed by atoms with Crippen molar-refractivity contribution in [2.24, 2.45) is 0 Å². The second-order valence-electron chi connectivity index (χ2n) is 3.29. The Labute approximate surface area is 98.5 Å². The van der Waals surface area contributed by atoms with Crippen molar-refractivity contribution < 1.29 is 4.74 Å². The van der Waals surface area contributed by atoms with Crippen LogP contribution in [-0.4, -0.2) is 23.5 Å². The van der Waals surface area contributed by atoms with E-state index in [4.69, 9.17) is 4.74 Å². The van der Waals surface area contributed by atoms with Crippen LogP contribution in [0.25, 0.3) is 0 Å². The number of nitrogens with zero attached hydrogens (tertiary/aromatic N) is 2. The van der Waals surface area contributed by atoms with E-state index in [1.54, 1.807) is 7.11 Å². The predicted molar refractivity (Wildman–Crippen MR) is 65.3 cm³/mol. The van der Waals surface area contributed by atoms with Crippen LogP contribution in [-0.2, 0) is 6.42 Å². The maximum atomic E-state index is 5.10. The normalized spacial score (nSPS) is 10.1. The van der Waals surface area contributed by atoms with E-state index >= 15 is 0 Å². The fraction of sp³-hybridized carbons (Fsp3) is 0.273. The Morgan fingerprint density at radius 1 is 1.31 bits per heavy atom. The van der Waals surface area contributed by atoms with E-state index in [9.17, 15) is 0 Å². The van der Waals surface area contributed by atoms with Crippen molar-refractivity contribution in [1.82, 2.24) is 9.36 Å². The summed E-state index contributed by atoms with van der Waals surface area (Å²) in [4.78, 5) is 4.33. The quantitative estimate of drug-likeness (QED) is 0.882. The summed E-state index contributed by atoms with van der Waals surface area (Å²) < 4.78 is 9.36. The van der Waals surface area contributed by atoms with Gasteiger partial charge in [-0.2, -0.15) is 4.37 Å². The fourth-order valence-corrected chi connectivity index (χ4v) is 1.89. The molecule has 0 aliphatic carbocycles. The van der Waals surface area contributed by atoms with Crippen LogP contribution >= 0.6 is 11.5 Å². The molecule has 1 heterocycles. The van der Waals surface area contributed by atoms with Crippen LogP contribution in [0.15, 0.2) is 24.3 Å². The number of rotatable bonds is 4. The third-order valence-corrected chi connectivity index (χ3v) is 2.97. The second-order valence-corrected chi connectivity index (χ2v) is 4.04. The third-order valence-electron chi connectivity index (χ3n) is 2.20. The Balaban J connectivity index is 2.08. The molecule has 0 atom stereocenters. The van der Waals surface area contributed by atoms with Gasteiger partial charge in [0.25, 0.3) is 0 Å². The lowest BCUT2D eigenvalue weighted by Gasteiger charge is -2.00. The van der Waals surface area contributed by atoms with Crippen LogP contribution in [0.1, 0.15) is 11.4 Å². The molecule has 0 aliphatic heterocycles. The molecule has 1 aromatic carbocycles. The lowest BCUT2D eigenvalue weighted by atomic mass is 10.1. The Bertz CT molecular complexity index is 453.